The van der Waals surface area contributed by atoms with Crippen molar-refractivity contribution in [1.82, 2.24) is 0 Å². The van der Waals surface area contributed by atoms with Crippen molar-refractivity contribution in [3.63, 3.8) is 0 Å². The summed E-state index contributed by atoms with van der Waals surface area (Å²) >= 11 is 3.75. The highest BCUT2D eigenvalue weighted by Gasteiger charge is 2.52. The van der Waals surface area contributed by atoms with Crippen molar-refractivity contribution in [3.05, 3.63) is 553 Å². The quantitative estimate of drug-likeness (QED) is 0.0896. The van der Waals surface area contributed by atoms with E-state index >= 15 is 0 Å². The van der Waals surface area contributed by atoms with Gasteiger partial charge in [0.15, 0.2) is 0 Å². The number of fused-ring (bicyclic) bond motifs is 21. The van der Waals surface area contributed by atoms with Crippen LogP contribution in [0.3, 0.4) is 0 Å². The van der Waals surface area contributed by atoms with Crippen LogP contribution < -0.4 is 9.80 Å². The average molecular weight is 1850 g/mol. The number of hydrogen-bond donors (Lipinski definition) is 0. The fraction of sp³-hybridized carbons (Fsp3) is 0.0725. The summed E-state index contributed by atoms with van der Waals surface area (Å²) in [4.78, 5) is 5.08. The third-order valence-electron chi connectivity index (χ3n) is 31.1. The number of hydrogen-bond acceptors (Lipinski definition) is 4. The molecule has 0 saturated carbocycles. The van der Waals surface area contributed by atoms with Gasteiger partial charge in [-0.3, -0.25) is 0 Å². The van der Waals surface area contributed by atoms with Crippen molar-refractivity contribution in [1.29, 1.82) is 0 Å². The van der Waals surface area contributed by atoms with E-state index in [9.17, 15) is 0 Å². The smallest absolute Gasteiger partial charge is 0.0725 e. The highest BCUT2D eigenvalue weighted by atomic mass is 32.1. The van der Waals surface area contributed by atoms with Gasteiger partial charge >= 0.3 is 0 Å². The summed E-state index contributed by atoms with van der Waals surface area (Å²) in [6, 6.07) is 187. The van der Waals surface area contributed by atoms with Crippen molar-refractivity contribution in [3.8, 4) is 100 Å². The Morgan fingerprint density at radius 1 is 0.218 bits per heavy atom. The molecule has 0 N–H and O–H groups in total. The first-order valence-corrected chi connectivity index (χ1v) is 51.3. The maximum absolute atomic E-state index is 2.54. The zero-order valence-electron chi connectivity index (χ0n) is 79.7. The Balaban J connectivity index is 0.515. The highest BCUT2D eigenvalue weighted by molar-refractivity contribution is 7.26. The first-order valence-electron chi connectivity index (χ1n) is 49.7. The van der Waals surface area contributed by atoms with E-state index in [0.717, 1.165) is 57.2 Å². The standard InChI is InChI=1S/C138H98N2S2/c1-135(2,3)99-70-60-93(61-71-99)89-52-56-91(57-53-89)95-64-74-103(75-65-95)139(125-82-68-97-29-9-11-34-107(97)131(125)115-42-26-50-129-133(115)113-40-17-23-48-127(113)141-129)105-78-80-123-117(85-105)111-38-15-19-44-119(111)137(123,101-31-7-6-8-32-101)102-33-25-28-88(84-102)87-136(4,5)100-72-62-94(63-73-100)90-54-58-92(59-55-90)96-66-76-104(77-67-96)140(126-83-69-98-30-10-12-35-108(98)132(126)116-43-27-51-130-134(116)114-41-18-24-49-128(114)142-130)106-79-81-124-118(86-106)112-39-16-22-47-122(112)138(124)120-45-20-13-36-109(120)110-37-14-21-46-121(110)138/h6-86H,87H2,1-5H3. The molecule has 0 aliphatic heterocycles. The molecule has 0 bridgehead atoms. The molecule has 3 aliphatic carbocycles. The van der Waals surface area contributed by atoms with E-state index < -0.39 is 10.8 Å². The van der Waals surface area contributed by atoms with Crippen LogP contribution in [0.25, 0.3) is 162 Å². The molecular weight excluding hydrogens is 1750 g/mol. The number of rotatable bonds is 17. The summed E-state index contributed by atoms with van der Waals surface area (Å²) in [5.74, 6) is 0. The monoisotopic (exact) mass is 1850 g/mol. The van der Waals surface area contributed by atoms with Gasteiger partial charge in [0, 0.05) is 74.2 Å². The molecule has 3 aliphatic rings. The second-order valence-electron chi connectivity index (χ2n) is 40.5. The number of nitrogens with zero attached hydrogens (tertiary/aromatic N) is 2. The molecule has 672 valence electrons. The predicted octanol–water partition coefficient (Wildman–Crippen LogP) is 38.2. The molecule has 2 nitrogen and oxygen atoms in total. The predicted molar refractivity (Wildman–Crippen MR) is 605 cm³/mol. The minimum Gasteiger partial charge on any atom is -0.310 e. The van der Waals surface area contributed by atoms with E-state index in [1.54, 1.807) is 0 Å². The lowest BCUT2D eigenvalue weighted by Crippen LogP contribution is -2.29. The molecule has 4 heteroatoms. The van der Waals surface area contributed by atoms with Gasteiger partial charge in [0.25, 0.3) is 0 Å². The fourth-order valence-corrected chi connectivity index (χ4v) is 26.8. The molecule has 22 aromatic carbocycles. The lowest BCUT2D eigenvalue weighted by Gasteiger charge is -2.35. The van der Waals surface area contributed by atoms with Gasteiger partial charge in [-0.15, -0.1) is 22.7 Å². The summed E-state index contributed by atoms with van der Waals surface area (Å²) in [5.41, 5.74) is 41.4. The van der Waals surface area contributed by atoms with Crippen LogP contribution >= 0.6 is 22.7 Å². The van der Waals surface area contributed by atoms with Gasteiger partial charge in [-0.1, -0.05) is 441 Å². The molecule has 142 heavy (non-hydrogen) atoms. The molecule has 2 aromatic heterocycles. The maximum atomic E-state index is 2.54. The zero-order chi connectivity index (χ0) is 94.7. The summed E-state index contributed by atoms with van der Waals surface area (Å²) in [6.07, 6.45) is 0.831. The minimum absolute atomic E-state index is 0.0887. The largest absolute Gasteiger partial charge is 0.310 e. The number of thiophene rings is 2. The van der Waals surface area contributed by atoms with Crippen molar-refractivity contribution < 1.29 is 0 Å². The van der Waals surface area contributed by atoms with Gasteiger partial charge in [-0.25, -0.2) is 0 Å². The topological polar surface area (TPSA) is 6.48 Å². The van der Waals surface area contributed by atoms with Gasteiger partial charge < -0.3 is 9.80 Å². The zero-order valence-corrected chi connectivity index (χ0v) is 81.3. The van der Waals surface area contributed by atoms with E-state index in [1.807, 2.05) is 22.7 Å². The van der Waals surface area contributed by atoms with Crippen molar-refractivity contribution in [2.75, 3.05) is 9.80 Å². The van der Waals surface area contributed by atoms with Crippen LogP contribution in [-0.2, 0) is 28.1 Å². The normalized spacial score (nSPS) is 13.8. The molecule has 27 rings (SSSR count). The van der Waals surface area contributed by atoms with Crippen LogP contribution in [0.5, 0.6) is 0 Å². The first-order chi connectivity index (χ1) is 69.8. The Bertz CT molecular complexity index is 9120. The average Bonchev–Trinajstić information content (AvgIpc) is 1.52. The maximum Gasteiger partial charge on any atom is 0.0725 e. The van der Waals surface area contributed by atoms with E-state index in [-0.39, 0.29) is 10.8 Å². The summed E-state index contributed by atoms with van der Waals surface area (Å²) in [6.45, 7) is 11.7. The van der Waals surface area contributed by atoms with Crippen molar-refractivity contribution >= 4 is 119 Å². The van der Waals surface area contributed by atoms with Crippen LogP contribution in [0.1, 0.15) is 95.8 Å². The molecule has 24 aromatic rings. The molecule has 1 atom stereocenters. The van der Waals surface area contributed by atoms with E-state index in [2.05, 4.69) is 536 Å². The Labute approximate surface area is 837 Å². The molecule has 2 heterocycles. The molecule has 0 amide bonds. The summed E-state index contributed by atoms with van der Waals surface area (Å²) < 4.78 is 5.13. The second kappa shape index (κ2) is 33.3. The Hall–Kier alpha value is -16.6. The van der Waals surface area contributed by atoms with E-state index in [1.165, 1.54) is 207 Å². The van der Waals surface area contributed by atoms with Gasteiger partial charge in [0.2, 0.25) is 0 Å². The van der Waals surface area contributed by atoms with Crippen LogP contribution in [0.4, 0.5) is 34.1 Å². The molecular formula is C138H98N2S2. The Morgan fingerprint density at radius 2 is 0.535 bits per heavy atom. The minimum atomic E-state index is -0.657. The van der Waals surface area contributed by atoms with Crippen LogP contribution in [0, 0.1) is 0 Å². The van der Waals surface area contributed by atoms with Gasteiger partial charge in [0.1, 0.15) is 0 Å². The second-order valence-corrected chi connectivity index (χ2v) is 42.7. The van der Waals surface area contributed by atoms with Gasteiger partial charge in [-0.05, 0) is 274 Å². The van der Waals surface area contributed by atoms with E-state index in [0.29, 0.717) is 0 Å². The van der Waals surface area contributed by atoms with Crippen LogP contribution in [0.15, 0.2) is 491 Å². The van der Waals surface area contributed by atoms with Crippen molar-refractivity contribution in [2.45, 2.75) is 62.7 Å². The summed E-state index contributed by atoms with van der Waals surface area (Å²) in [5, 5.41) is 9.95. The molecule has 1 spiro atoms. The SMILES string of the molecule is CC(C)(C)c1ccc(-c2ccc(-c3ccc(N(c4ccc5c(c4)-c4ccccc4C5(c4ccccc4)c4cccc(CC(C)(C)c5ccc(-c6ccc(-c7ccc(N(c8ccc9c(c8)-c8ccccc8C98c9ccccc9-c9ccccc98)c8ccc9ccccc9c8-c8cccc9sc%10ccccc%10c89)cc7)cc6)cc5)c4)c4ccc5ccccc5c4-c4cccc5sc6ccccc6c45)cc3)cc2)cc1. The van der Waals surface area contributed by atoms with Crippen LogP contribution in [0.2, 0.25) is 0 Å². The lowest BCUT2D eigenvalue weighted by molar-refractivity contribution is 0.522. The fourth-order valence-electron chi connectivity index (χ4n) is 24.5. The van der Waals surface area contributed by atoms with Gasteiger partial charge in [0.05, 0.1) is 22.2 Å². The van der Waals surface area contributed by atoms with Crippen LogP contribution in [-0.4, -0.2) is 0 Å². The number of benzene rings is 22. The molecule has 1 unspecified atom stereocenters. The molecule has 0 radical (unpaired) electrons. The number of anilines is 6. The Kier molecular flexibility index (Phi) is 19.9. The molecule has 0 saturated heterocycles. The third-order valence-corrected chi connectivity index (χ3v) is 33.4. The Morgan fingerprint density at radius 3 is 0.972 bits per heavy atom. The van der Waals surface area contributed by atoms with Gasteiger partial charge in [-0.2, -0.15) is 0 Å². The summed E-state index contributed by atoms with van der Waals surface area (Å²) in [7, 11) is 0. The lowest BCUT2D eigenvalue weighted by atomic mass is 9.67. The third kappa shape index (κ3) is 13.5. The molecule has 0 fully saturated rings. The first kappa shape index (κ1) is 84.7. The van der Waals surface area contributed by atoms with E-state index in [4.69, 9.17) is 0 Å². The van der Waals surface area contributed by atoms with Crippen molar-refractivity contribution in [2.24, 2.45) is 0 Å². The highest BCUT2D eigenvalue weighted by Crippen LogP contribution is 2.65.